The highest BCUT2D eigenvalue weighted by Gasteiger charge is 2.14. The molecule has 0 aliphatic heterocycles. The van der Waals surface area contributed by atoms with Crippen LogP contribution in [0.1, 0.15) is 0 Å². The number of hydrogen-bond acceptors (Lipinski definition) is 1. The summed E-state index contributed by atoms with van der Waals surface area (Å²) in [5.41, 5.74) is 6.92. The Morgan fingerprint density at radius 1 is 0.480 bits per heavy atom. The highest BCUT2D eigenvalue weighted by atomic mass is 14.7. The Bertz CT molecular complexity index is 878. The highest BCUT2D eigenvalue weighted by molar-refractivity contribution is 5.92. The van der Waals surface area contributed by atoms with E-state index in [2.05, 4.69) is 78.9 Å². The summed E-state index contributed by atoms with van der Waals surface area (Å²) < 4.78 is 0. The molecule has 0 saturated carbocycles. The predicted molar refractivity (Wildman–Crippen MR) is 110 cm³/mol. The average molecular weight is 321 g/mol. The fraction of sp³-hybridized carbons (Fsp3) is 0. The lowest BCUT2D eigenvalue weighted by Gasteiger charge is -2.15. The Hall–Kier alpha value is -3.13. The third-order valence-corrected chi connectivity index (χ3v) is 4.15. The van der Waals surface area contributed by atoms with Gasteiger partial charge in [-0.2, -0.15) is 0 Å². The minimum Gasteiger partial charge on any atom is -0.256 e. The van der Waals surface area contributed by atoms with Gasteiger partial charge < -0.3 is 0 Å². The lowest BCUT2D eigenvalue weighted by Crippen LogP contribution is -1.93. The molecule has 1 nitrogen and oxygen atoms in total. The van der Waals surface area contributed by atoms with Crippen molar-refractivity contribution in [2.45, 2.75) is 0 Å². The van der Waals surface area contributed by atoms with Crippen molar-refractivity contribution in [2.75, 3.05) is 0 Å². The Morgan fingerprint density at radius 2 is 0.960 bits per heavy atom. The van der Waals surface area contributed by atoms with Crippen LogP contribution >= 0.6 is 0 Å². The van der Waals surface area contributed by atoms with E-state index in [4.69, 9.17) is 4.98 Å². The number of pyridine rings is 1. The van der Waals surface area contributed by atoms with Crippen molar-refractivity contribution in [1.29, 1.82) is 0 Å². The van der Waals surface area contributed by atoms with Crippen LogP contribution in [-0.4, -0.2) is 13.4 Å². The van der Waals surface area contributed by atoms with E-state index in [1.807, 2.05) is 24.4 Å². The minimum absolute atomic E-state index is 0. The van der Waals surface area contributed by atoms with Crippen LogP contribution in [0.3, 0.4) is 0 Å². The van der Waals surface area contributed by atoms with Crippen LogP contribution in [0.15, 0.2) is 103 Å². The molecule has 0 radical (unpaired) electrons. The van der Waals surface area contributed by atoms with Crippen LogP contribution in [-0.2, 0) is 0 Å². The molecule has 0 N–H and O–H groups in total. The van der Waals surface area contributed by atoms with E-state index in [1.54, 1.807) is 0 Å². The van der Waals surface area contributed by atoms with Crippen LogP contribution in [0.4, 0.5) is 0 Å². The Balaban J connectivity index is 0.00000182. The topological polar surface area (TPSA) is 12.9 Å². The smallest absolute Gasteiger partial charge is 0.0814 e. The van der Waals surface area contributed by atoms with Gasteiger partial charge in [0.1, 0.15) is 0 Å². The van der Waals surface area contributed by atoms with Crippen LogP contribution in [0.2, 0.25) is 0 Å². The lowest BCUT2D eigenvalue weighted by atomic mass is 9.91. The number of benzene rings is 3. The molecule has 0 aliphatic carbocycles. The zero-order valence-corrected chi connectivity index (χ0v) is 13.3. The summed E-state index contributed by atoms with van der Waals surface area (Å²) in [6.45, 7) is 0. The summed E-state index contributed by atoms with van der Waals surface area (Å²) in [6.07, 6.45) is 1.90. The molecule has 4 aromatic rings. The van der Waals surface area contributed by atoms with E-state index in [0.29, 0.717) is 0 Å². The maximum Gasteiger partial charge on any atom is 0.0814 e. The van der Waals surface area contributed by atoms with Gasteiger partial charge in [-0.25, -0.2) is 0 Å². The van der Waals surface area contributed by atoms with Gasteiger partial charge >= 0.3 is 0 Å². The molecule has 0 bridgehead atoms. The number of hydrogen-bond donors (Lipinski definition) is 0. The average Bonchev–Trinajstić information content (AvgIpc) is 2.69. The molecule has 0 aliphatic rings. The first-order chi connectivity index (χ1) is 11.9. The van der Waals surface area contributed by atoms with E-state index in [-0.39, 0.29) is 8.41 Å². The van der Waals surface area contributed by atoms with Crippen LogP contribution in [0, 0.1) is 0 Å². The number of aromatic nitrogens is 1. The highest BCUT2D eigenvalue weighted by Crippen LogP contribution is 2.38. The van der Waals surface area contributed by atoms with Crippen molar-refractivity contribution in [2.24, 2.45) is 0 Å². The number of nitrogens with zero attached hydrogens (tertiary/aromatic N) is 1. The monoisotopic (exact) mass is 321 g/mol. The summed E-state index contributed by atoms with van der Waals surface area (Å²) in [5.74, 6) is 0. The van der Waals surface area contributed by atoms with Gasteiger partial charge in [-0.1, -0.05) is 91.0 Å². The molecule has 3 aromatic carbocycles. The first-order valence-corrected chi connectivity index (χ1v) is 8.09. The molecular formula is C23H20BN. The molecule has 0 unspecified atom stereocenters. The SMILES string of the molecule is B.c1ccc(-c2ccnc(-c3ccccc3)c2-c2ccccc2)cc1. The van der Waals surface area contributed by atoms with E-state index in [1.165, 1.54) is 22.3 Å². The first kappa shape index (κ1) is 16.7. The fourth-order valence-corrected chi connectivity index (χ4v) is 3.03. The molecule has 0 fully saturated rings. The predicted octanol–water partition coefficient (Wildman–Crippen LogP) is 4.90. The molecular weight excluding hydrogens is 301 g/mol. The normalized spacial score (nSPS) is 10.1. The summed E-state index contributed by atoms with van der Waals surface area (Å²) in [7, 11) is 0. The standard InChI is InChI=1S/C23H17N.BH3/c1-4-10-18(11-5-1)21-16-17-24-23(20-14-8-3-9-15-20)22(21)19-12-6-2-7-13-19;/h1-17H;1H3. The Labute approximate surface area is 150 Å². The third kappa shape index (κ3) is 3.38. The maximum absolute atomic E-state index is 4.71. The van der Waals surface area contributed by atoms with Gasteiger partial charge in [0.25, 0.3) is 0 Å². The largest absolute Gasteiger partial charge is 0.256 e. The van der Waals surface area contributed by atoms with Gasteiger partial charge in [0.15, 0.2) is 0 Å². The first-order valence-electron chi connectivity index (χ1n) is 8.09. The van der Waals surface area contributed by atoms with Gasteiger partial charge in [-0.15, -0.1) is 0 Å². The zero-order chi connectivity index (χ0) is 16.2. The van der Waals surface area contributed by atoms with Crippen molar-refractivity contribution in [3.8, 4) is 33.5 Å². The molecule has 0 amide bonds. The third-order valence-electron chi connectivity index (χ3n) is 4.15. The van der Waals surface area contributed by atoms with Crippen molar-refractivity contribution < 1.29 is 0 Å². The second kappa shape index (κ2) is 7.63. The van der Waals surface area contributed by atoms with E-state index in [9.17, 15) is 0 Å². The summed E-state index contributed by atoms with van der Waals surface area (Å²) in [4.78, 5) is 4.71. The van der Waals surface area contributed by atoms with Crippen molar-refractivity contribution in [3.05, 3.63) is 103 Å². The van der Waals surface area contributed by atoms with Gasteiger partial charge in [-0.3, -0.25) is 4.98 Å². The Morgan fingerprint density at radius 3 is 1.52 bits per heavy atom. The molecule has 25 heavy (non-hydrogen) atoms. The summed E-state index contributed by atoms with van der Waals surface area (Å²) in [6, 6.07) is 33.5. The summed E-state index contributed by atoms with van der Waals surface area (Å²) >= 11 is 0. The molecule has 4 rings (SSSR count). The van der Waals surface area contributed by atoms with E-state index >= 15 is 0 Å². The minimum atomic E-state index is 0. The maximum atomic E-state index is 4.71. The quantitative estimate of drug-likeness (QED) is 0.489. The van der Waals surface area contributed by atoms with Crippen molar-refractivity contribution in [1.82, 2.24) is 4.98 Å². The van der Waals surface area contributed by atoms with Crippen LogP contribution in [0.25, 0.3) is 33.5 Å². The molecule has 0 spiro atoms. The van der Waals surface area contributed by atoms with Gasteiger partial charge in [0.05, 0.1) is 14.1 Å². The molecule has 1 heterocycles. The van der Waals surface area contributed by atoms with Crippen molar-refractivity contribution >= 4 is 8.41 Å². The van der Waals surface area contributed by atoms with Crippen LogP contribution in [0.5, 0.6) is 0 Å². The molecule has 120 valence electrons. The van der Waals surface area contributed by atoms with Gasteiger partial charge in [0.2, 0.25) is 0 Å². The van der Waals surface area contributed by atoms with Crippen molar-refractivity contribution in [3.63, 3.8) is 0 Å². The molecule has 1 aromatic heterocycles. The zero-order valence-electron chi connectivity index (χ0n) is 13.3. The summed E-state index contributed by atoms with van der Waals surface area (Å²) in [5, 5.41) is 0. The van der Waals surface area contributed by atoms with Gasteiger partial charge in [0, 0.05) is 17.3 Å². The fourth-order valence-electron chi connectivity index (χ4n) is 3.03. The van der Waals surface area contributed by atoms with E-state index < -0.39 is 0 Å². The van der Waals surface area contributed by atoms with E-state index in [0.717, 1.165) is 11.3 Å². The lowest BCUT2D eigenvalue weighted by molar-refractivity contribution is 1.32. The molecule has 0 saturated heterocycles. The second-order valence-corrected chi connectivity index (χ2v) is 5.68. The van der Waals surface area contributed by atoms with Crippen LogP contribution < -0.4 is 0 Å². The Kier molecular flexibility index (Phi) is 5.10. The second-order valence-electron chi connectivity index (χ2n) is 5.68. The molecule has 0 atom stereocenters. The number of rotatable bonds is 3. The molecule has 2 heteroatoms. The van der Waals surface area contributed by atoms with Gasteiger partial charge in [-0.05, 0) is 22.8 Å².